The maximum atomic E-state index is 11.5. The van der Waals surface area contributed by atoms with Crippen LogP contribution in [0.4, 0.5) is 4.79 Å². The van der Waals surface area contributed by atoms with Crippen molar-refractivity contribution in [3.63, 3.8) is 0 Å². The molecule has 0 unspecified atom stereocenters. The number of urea groups is 1. The summed E-state index contributed by atoms with van der Waals surface area (Å²) in [5, 5.41) is 21.6. The molecule has 8 heteroatoms. The van der Waals surface area contributed by atoms with Crippen molar-refractivity contribution in [3.05, 3.63) is 12.2 Å². The van der Waals surface area contributed by atoms with E-state index in [2.05, 4.69) is 20.8 Å². The number of aliphatic carboxylic acids is 1. The maximum absolute atomic E-state index is 11.5. The van der Waals surface area contributed by atoms with Gasteiger partial charge in [0.2, 0.25) is 0 Å². The topological polar surface area (TPSA) is 109 Å². The number of nitrogens with zero attached hydrogens (tertiary/aromatic N) is 3. The third kappa shape index (κ3) is 4.23. The van der Waals surface area contributed by atoms with E-state index in [-0.39, 0.29) is 13.1 Å². The summed E-state index contributed by atoms with van der Waals surface area (Å²) in [6, 6.07) is -0.431. The number of hydrogen-bond acceptors (Lipinski definition) is 4. The van der Waals surface area contributed by atoms with Crippen molar-refractivity contribution in [2.24, 2.45) is 5.41 Å². The minimum atomic E-state index is -0.999. The minimum Gasteiger partial charge on any atom is -0.481 e. The summed E-state index contributed by atoms with van der Waals surface area (Å²) in [5.41, 5.74) is -0.999. The van der Waals surface area contributed by atoms with Crippen LogP contribution in [0.3, 0.4) is 0 Å². The molecule has 0 atom stereocenters. The molecule has 3 N–H and O–H groups in total. The molecule has 0 aromatic carbocycles. The van der Waals surface area contributed by atoms with Gasteiger partial charge in [-0.1, -0.05) is 0 Å². The standard InChI is InChI=1S/C11H19N5O3/c1-4-16-7-14-15-8(16)5-12-10(19)13-6-11(2,3)9(17)18/h7H,4-6H2,1-3H3,(H,17,18)(H2,12,13,19). The molecule has 0 radical (unpaired) electrons. The van der Waals surface area contributed by atoms with Gasteiger partial charge in [0.05, 0.1) is 12.0 Å². The van der Waals surface area contributed by atoms with Crippen LogP contribution in [-0.2, 0) is 17.9 Å². The van der Waals surface area contributed by atoms with Crippen LogP contribution in [0.2, 0.25) is 0 Å². The lowest BCUT2D eigenvalue weighted by Gasteiger charge is -2.19. The molecule has 1 rings (SSSR count). The molecular weight excluding hydrogens is 250 g/mol. The van der Waals surface area contributed by atoms with Gasteiger partial charge in [0.15, 0.2) is 5.82 Å². The third-order valence-corrected chi connectivity index (χ3v) is 2.71. The number of nitrogens with one attached hydrogen (secondary N) is 2. The number of aryl methyl sites for hydroxylation is 1. The lowest BCUT2D eigenvalue weighted by molar-refractivity contribution is -0.146. The fourth-order valence-corrected chi connectivity index (χ4v) is 1.28. The molecule has 0 saturated carbocycles. The largest absolute Gasteiger partial charge is 0.481 e. The van der Waals surface area contributed by atoms with Crippen LogP contribution < -0.4 is 10.6 Å². The van der Waals surface area contributed by atoms with Crippen LogP contribution in [0.1, 0.15) is 26.6 Å². The molecule has 0 spiro atoms. The zero-order valence-electron chi connectivity index (χ0n) is 11.3. The zero-order valence-corrected chi connectivity index (χ0v) is 11.3. The zero-order chi connectivity index (χ0) is 14.5. The molecule has 0 aliphatic heterocycles. The predicted octanol–water partition coefficient (Wildman–Crippen LogP) is 0.208. The molecule has 0 aliphatic rings. The van der Waals surface area contributed by atoms with E-state index in [1.54, 1.807) is 20.2 Å². The molecular formula is C11H19N5O3. The van der Waals surface area contributed by atoms with Crippen LogP contribution in [0.15, 0.2) is 6.33 Å². The van der Waals surface area contributed by atoms with Gasteiger partial charge in [-0.2, -0.15) is 0 Å². The summed E-state index contributed by atoms with van der Waals surface area (Å²) in [5.74, 6) is -0.311. The number of carbonyl (C=O) groups excluding carboxylic acids is 1. The van der Waals surface area contributed by atoms with Crippen LogP contribution >= 0.6 is 0 Å². The lowest BCUT2D eigenvalue weighted by atomic mass is 9.94. The fourth-order valence-electron chi connectivity index (χ4n) is 1.28. The van der Waals surface area contributed by atoms with Crippen molar-refractivity contribution in [2.75, 3.05) is 6.54 Å². The van der Waals surface area contributed by atoms with E-state index in [1.165, 1.54) is 0 Å². The Morgan fingerprint density at radius 2 is 2.11 bits per heavy atom. The smallest absolute Gasteiger partial charge is 0.315 e. The quantitative estimate of drug-likeness (QED) is 0.684. The molecule has 0 aliphatic carbocycles. The van der Waals surface area contributed by atoms with E-state index < -0.39 is 17.4 Å². The molecule has 1 aromatic heterocycles. The second-order valence-corrected chi connectivity index (χ2v) is 4.76. The van der Waals surface area contributed by atoms with E-state index in [1.807, 2.05) is 11.5 Å². The minimum absolute atomic E-state index is 0.0502. The van der Waals surface area contributed by atoms with Crippen molar-refractivity contribution >= 4 is 12.0 Å². The van der Waals surface area contributed by atoms with Gasteiger partial charge in [-0.05, 0) is 20.8 Å². The van der Waals surface area contributed by atoms with Gasteiger partial charge in [-0.25, -0.2) is 4.79 Å². The second kappa shape index (κ2) is 6.17. The molecule has 2 amide bonds. The summed E-state index contributed by atoms with van der Waals surface area (Å²) in [6.45, 7) is 6.05. The van der Waals surface area contributed by atoms with Crippen molar-refractivity contribution in [1.29, 1.82) is 0 Å². The van der Waals surface area contributed by atoms with Crippen LogP contribution in [0, 0.1) is 5.41 Å². The summed E-state index contributed by atoms with van der Waals surface area (Å²) in [4.78, 5) is 22.4. The van der Waals surface area contributed by atoms with Gasteiger partial charge in [0.25, 0.3) is 0 Å². The van der Waals surface area contributed by atoms with Gasteiger partial charge in [-0.15, -0.1) is 10.2 Å². The Bertz CT molecular complexity index is 455. The van der Waals surface area contributed by atoms with E-state index in [4.69, 9.17) is 5.11 Å². The van der Waals surface area contributed by atoms with Crippen molar-refractivity contribution in [2.45, 2.75) is 33.9 Å². The highest BCUT2D eigenvalue weighted by atomic mass is 16.4. The normalized spacial score (nSPS) is 11.1. The monoisotopic (exact) mass is 269 g/mol. The predicted molar refractivity (Wildman–Crippen MR) is 67.4 cm³/mol. The van der Waals surface area contributed by atoms with Crippen molar-refractivity contribution in [1.82, 2.24) is 25.4 Å². The number of amides is 2. The van der Waals surface area contributed by atoms with Gasteiger partial charge in [0.1, 0.15) is 6.33 Å². The Hall–Kier alpha value is -2.12. The Balaban J connectivity index is 2.39. The van der Waals surface area contributed by atoms with E-state index in [0.29, 0.717) is 5.82 Å². The van der Waals surface area contributed by atoms with Gasteiger partial charge in [-0.3, -0.25) is 4.79 Å². The number of rotatable bonds is 6. The first-order chi connectivity index (χ1) is 8.86. The highest BCUT2D eigenvalue weighted by molar-refractivity contribution is 5.77. The number of carbonyl (C=O) groups is 2. The molecule has 1 heterocycles. The summed E-state index contributed by atoms with van der Waals surface area (Å²) in [7, 11) is 0. The Kier molecular flexibility index (Phi) is 4.85. The number of carboxylic acid groups (broad SMARTS) is 1. The fraction of sp³-hybridized carbons (Fsp3) is 0.636. The summed E-state index contributed by atoms with van der Waals surface area (Å²) < 4.78 is 1.81. The van der Waals surface area contributed by atoms with Gasteiger partial charge < -0.3 is 20.3 Å². The van der Waals surface area contributed by atoms with E-state index >= 15 is 0 Å². The SMILES string of the molecule is CCn1cnnc1CNC(=O)NCC(C)(C)C(=O)O. The van der Waals surface area contributed by atoms with Crippen LogP contribution in [0.5, 0.6) is 0 Å². The van der Waals surface area contributed by atoms with Gasteiger partial charge in [0, 0.05) is 13.1 Å². The van der Waals surface area contributed by atoms with E-state index in [0.717, 1.165) is 6.54 Å². The first-order valence-corrected chi connectivity index (χ1v) is 5.98. The third-order valence-electron chi connectivity index (χ3n) is 2.71. The number of hydrogen-bond donors (Lipinski definition) is 3. The molecule has 19 heavy (non-hydrogen) atoms. The van der Waals surface area contributed by atoms with Crippen LogP contribution in [0.25, 0.3) is 0 Å². The molecule has 0 bridgehead atoms. The van der Waals surface area contributed by atoms with Crippen molar-refractivity contribution < 1.29 is 14.7 Å². The highest BCUT2D eigenvalue weighted by Gasteiger charge is 2.27. The maximum Gasteiger partial charge on any atom is 0.315 e. The first-order valence-electron chi connectivity index (χ1n) is 5.98. The summed E-state index contributed by atoms with van der Waals surface area (Å²) in [6.07, 6.45) is 1.59. The Labute approximate surface area is 111 Å². The average molecular weight is 269 g/mol. The van der Waals surface area contributed by atoms with Crippen LogP contribution in [-0.4, -0.2) is 38.4 Å². The van der Waals surface area contributed by atoms with E-state index in [9.17, 15) is 9.59 Å². The average Bonchev–Trinajstić information content (AvgIpc) is 2.81. The second-order valence-electron chi connectivity index (χ2n) is 4.76. The molecule has 8 nitrogen and oxygen atoms in total. The number of carboxylic acids is 1. The number of aromatic nitrogens is 3. The lowest BCUT2D eigenvalue weighted by Crippen LogP contribution is -2.43. The molecule has 1 aromatic rings. The molecule has 0 fully saturated rings. The molecule has 0 saturated heterocycles. The molecule has 106 valence electrons. The highest BCUT2D eigenvalue weighted by Crippen LogP contribution is 2.12. The van der Waals surface area contributed by atoms with Crippen molar-refractivity contribution in [3.8, 4) is 0 Å². The first kappa shape index (κ1) is 14.9. The van der Waals surface area contributed by atoms with Gasteiger partial charge >= 0.3 is 12.0 Å². The summed E-state index contributed by atoms with van der Waals surface area (Å²) >= 11 is 0. The Morgan fingerprint density at radius 3 is 2.68 bits per heavy atom. The Morgan fingerprint density at radius 1 is 1.42 bits per heavy atom.